The third-order valence-electron chi connectivity index (χ3n) is 3.36. The van der Waals surface area contributed by atoms with Gasteiger partial charge in [-0.25, -0.2) is 4.68 Å². The van der Waals surface area contributed by atoms with Gasteiger partial charge >= 0.3 is 0 Å². The van der Waals surface area contributed by atoms with Crippen molar-refractivity contribution in [2.75, 3.05) is 7.11 Å². The molecule has 1 heterocycles. The Hall–Kier alpha value is -1.88. The number of nitrogens with zero attached hydrogens (tertiary/aromatic N) is 3. The van der Waals surface area contributed by atoms with Crippen LogP contribution in [-0.4, -0.2) is 28.4 Å². The van der Waals surface area contributed by atoms with E-state index in [1.54, 1.807) is 17.9 Å². The first-order valence-corrected chi connectivity index (χ1v) is 7.24. The van der Waals surface area contributed by atoms with Crippen molar-refractivity contribution in [2.24, 2.45) is 0 Å². The molecular formula is C15H18ClN3O2. The molecule has 1 aromatic carbocycles. The van der Waals surface area contributed by atoms with Gasteiger partial charge in [0, 0.05) is 11.1 Å². The number of rotatable bonds is 6. The third kappa shape index (κ3) is 3.08. The van der Waals surface area contributed by atoms with Crippen molar-refractivity contribution in [3.05, 3.63) is 34.1 Å². The van der Waals surface area contributed by atoms with Crippen LogP contribution >= 0.6 is 11.6 Å². The maximum Gasteiger partial charge on any atom is 0.172 e. The van der Waals surface area contributed by atoms with E-state index in [-0.39, 0.29) is 0 Å². The van der Waals surface area contributed by atoms with E-state index in [1.165, 1.54) is 0 Å². The lowest BCUT2D eigenvalue weighted by molar-refractivity contribution is 0.111. The molecule has 0 N–H and O–H groups in total. The van der Waals surface area contributed by atoms with Gasteiger partial charge in [-0.2, -0.15) is 0 Å². The number of carbonyl (C=O) groups excluding carboxylic acids is 1. The van der Waals surface area contributed by atoms with Crippen LogP contribution in [0, 0.1) is 6.92 Å². The zero-order valence-electron chi connectivity index (χ0n) is 12.4. The van der Waals surface area contributed by atoms with Gasteiger partial charge < -0.3 is 4.74 Å². The minimum absolute atomic E-state index is 0.373. The number of aryl methyl sites for hydroxylation is 1. The Morgan fingerprint density at radius 2 is 2.19 bits per heavy atom. The van der Waals surface area contributed by atoms with Gasteiger partial charge in [0.15, 0.2) is 6.29 Å². The van der Waals surface area contributed by atoms with Crippen LogP contribution in [0.2, 0.25) is 5.02 Å². The molecule has 0 fully saturated rings. The molecule has 2 aromatic rings. The average Bonchev–Trinajstić information content (AvgIpc) is 2.90. The second-order valence-corrected chi connectivity index (χ2v) is 5.24. The van der Waals surface area contributed by atoms with Crippen LogP contribution in [0.25, 0.3) is 5.69 Å². The Morgan fingerprint density at radius 1 is 1.43 bits per heavy atom. The molecule has 0 saturated carbocycles. The number of benzene rings is 1. The maximum atomic E-state index is 11.1. The summed E-state index contributed by atoms with van der Waals surface area (Å²) < 4.78 is 7.04. The van der Waals surface area contributed by atoms with Gasteiger partial charge in [0.1, 0.15) is 17.1 Å². The Kier molecular flexibility index (Phi) is 4.96. The molecule has 5 nitrogen and oxygen atoms in total. The lowest BCUT2D eigenvalue weighted by Crippen LogP contribution is -2.06. The second-order valence-electron chi connectivity index (χ2n) is 4.83. The summed E-state index contributed by atoms with van der Waals surface area (Å²) in [7, 11) is 1.58. The first kappa shape index (κ1) is 15.5. The molecule has 21 heavy (non-hydrogen) atoms. The smallest absolute Gasteiger partial charge is 0.172 e. The molecule has 0 spiro atoms. The van der Waals surface area contributed by atoms with Gasteiger partial charge in [-0.3, -0.25) is 4.79 Å². The third-order valence-corrected chi connectivity index (χ3v) is 3.77. The SMILES string of the molecule is CCCCc1c(C=O)nnn1-c1cc(C)c(Cl)cc1OC. The molecule has 6 heteroatoms. The molecular weight excluding hydrogens is 290 g/mol. The summed E-state index contributed by atoms with van der Waals surface area (Å²) >= 11 is 6.13. The highest BCUT2D eigenvalue weighted by molar-refractivity contribution is 6.31. The van der Waals surface area contributed by atoms with Gasteiger partial charge in [-0.15, -0.1) is 5.10 Å². The lowest BCUT2D eigenvalue weighted by Gasteiger charge is -2.13. The van der Waals surface area contributed by atoms with Crippen molar-refractivity contribution >= 4 is 17.9 Å². The highest BCUT2D eigenvalue weighted by atomic mass is 35.5. The largest absolute Gasteiger partial charge is 0.494 e. The van der Waals surface area contributed by atoms with Crippen molar-refractivity contribution in [3.8, 4) is 11.4 Å². The van der Waals surface area contributed by atoms with Gasteiger partial charge in [-0.1, -0.05) is 30.2 Å². The standard InChI is InChI=1S/C15H18ClN3O2/c1-4-5-6-13-12(9-20)17-18-19(13)14-7-10(2)11(16)8-15(14)21-3/h7-9H,4-6H2,1-3H3. The first-order chi connectivity index (χ1) is 10.1. The van der Waals surface area contributed by atoms with E-state index in [4.69, 9.17) is 16.3 Å². The highest BCUT2D eigenvalue weighted by Crippen LogP contribution is 2.30. The lowest BCUT2D eigenvalue weighted by atomic mass is 10.1. The van der Waals surface area contributed by atoms with Crippen LogP contribution in [-0.2, 0) is 6.42 Å². The van der Waals surface area contributed by atoms with Crippen LogP contribution in [0.4, 0.5) is 0 Å². The first-order valence-electron chi connectivity index (χ1n) is 6.86. The fraction of sp³-hybridized carbons (Fsp3) is 0.400. The zero-order valence-corrected chi connectivity index (χ0v) is 13.1. The van der Waals surface area contributed by atoms with E-state index in [0.29, 0.717) is 16.5 Å². The molecule has 2 rings (SSSR count). The van der Waals surface area contributed by atoms with Gasteiger partial charge in [0.25, 0.3) is 0 Å². The highest BCUT2D eigenvalue weighted by Gasteiger charge is 2.17. The van der Waals surface area contributed by atoms with E-state index >= 15 is 0 Å². The van der Waals surface area contributed by atoms with Crippen molar-refractivity contribution in [2.45, 2.75) is 33.1 Å². The van der Waals surface area contributed by atoms with Crippen molar-refractivity contribution < 1.29 is 9.53 Å². The van der Waals surface area contributed by atoms with Crippen molar-refractivity contribution in [1.82, 2.24) is 15.0 Å². The topological polar surface area (TPSA) is 57.0 Å². The molecule has 0 amide bonds. The van der Waals surface area contributed by atoms with Crippen molar-refractivity contribution in [1.29, 1.82) is 0 Å². The molecule has 1 aromatic heterocycles. The predicted octanol–water partition coefficient (Wildman–Crippen LogP) is 3.39. The van der Waals surface area contributed by atoms with E-state index in [2.05, 4.69) is 17.2 Å². The quantitative estimate of drug-likeness (QED) is 0.768. The number of unbranched alkanes of at least 4 members (excludes halogenated alkanes) is 1. The molecule has 0 aliphatic rings. The molecule has 0 atom stereocenters. The maximum absolute atomic E-state index is 11.1. The summed E-state index contributed by atoms with van der Waals surface area (Å²) in [6, 6.07) is 3.64. The normalized spacial score (nSPS) is 10.7. The van der Waals surface area contributed by atoms with Crippen LogP contribution in [0.3, 0.4) is 0 Å². The van der Waals surface area contributed by atoms with Gasteiger partial charge in [-0.05, 0) is 31.4 Å². The Bertz CT molecular complexity index is 653. The van der Waals surface area contributed by atoms with Gasteiger partial charge in [0.05, 0.1) is 12.8 Å². The molecule has 0 saturated heterocycles. The number of hydrogen-bond acceptors (Lipinski definition) is 4. The molecule has 0 aliphatic heterocycles. The number of halogens is 1. The van der Waals surface area contributed by atoms with Crippen molar-refractivity contribution in [3.63, 3.8) is 0 Å². The number of carbonyl (C=O) groups is 1. The summed E-state index contributed by atoms with van der Waals surface area (Å²) in [6.07, 6.45) is 3.47. The number of methoxy groups -OCH3 is 1. The Balaban J connectivity index is 2.58. The monoisotopic (exact) mass is 307 g/mol. The second kappa shape index (κ2) is 6.72. The summed E-state index contributed by atoms with van der Waals surface area (Å²) in [5, 5.41) is 8.68. The average molecular weight is 308 g/mol. The molecule has 112 valence electrons. The summed E-state index contributed by atoms with van der Waals surface area (Å²) in [6.45, 7) is 4.01. The van der Waals surface area contributed by atoms with E-state index in [0.717, 1.165) is 42.5 Å². The Morgan fingerprint density at radius 3 is 2.81 bits per heavy atom. The van der Waals surface area contributed by atoms with E-state index < -0.39 is 0 Å². The fourth-order valence-electron chi connectivity index (χ4n) is 2.15. The summed E-state index contributed by atoms with van der Waals surface area (Å²) in [4.78, 5) is 11.1. The van der Waals surface area contributed by atoms with Gasteiger partial charge in [0.2, 0.25) is 0 Å². The molecule has 0 bridgehead atoms. The summed E-state index contributed by atoms with van der Waals surface area (Å²) in [5.74, 6) is 0.602. The Labute approximate surface area is 128 Å². The van der Waals surface area contributed by atoms with Crippen LogP contribution in [0.15, 0.2) is 12.1 Å². The fourth-order valence-corrected chi connectivity index (χ4v) is 2.31. The number of aromatic nitrogens is 3. The molecule has 0 aliphatic carbocycles. The number of hydrogen-bond donors (Lipinski definition) is 0. The number of aldehydes is 1. The molecule has 0 radical (unpaired) electrons. The van der Waals surface area contributed by atoms with Crippen LogP contribution in [0.5, 0.6) is 5.75 Å². The van der Waals surface area contributed by atoms with Crippen LogP contribution in [0.1, 0.15) is 41.5 Å². The predicted molar refractivity (Wildman–Crippen MR) is 81.7 cm³/mol. The summed E-state index contributed by atoms with van der Waals surface area (Å²) in [5.41, 5.74) is 2.83. The zero-order chi connectivity index (χ0) is 15.4. The number of ether oxygens (including phenoxy) is 1. The minimum atomic E-state index is 0.373. The molecule has 0 unspecified atom stereocenters. The van der Waals surface area contributed by atoms with E-state index in [9.17, 15) is 4.79 Å². The minimum Gasteiger partial charge on any atom is -0.494 e. The van der Waals surface area contributed by atoms with E-state index in [1.807, 2.05) is 13.0 Å². The van der Waals surface area contributed by atoms with Crippen LogP contribution < -0.4 is 4.74 Å².